The molecule has 1 aromatic rings. The Labute approximate surface area is 89.8 Å². The Balaban J connectivity index is 1.92. The van der Waals surface area contributed by atoms with E-state index in [9.17, 15) is 0 Å². The first-order valence-corrected chi connectivity index (χ1v) is 6.24. The Morgan fingerprint density at radius 2 is 2.43 bits per heavy atom. The molecule has 1 aliphatic rings. The van der Waals surface area contributed by atoms with Crippen molar-refractivity contribution in [3.05, 3.63) is 16.6 Å². The molecule has 78 valence electrons. The van der Waals surface area contributed by atoms with Crippen molar-refractivity contribution in [3.63, 3.8) is 0 Å². The summed E-state index contributed by atoms with van der Waals surface area (Å²) in [6.07, 6.45) is 6.00. The molecule has 0 saturated heterocycles. The normalized spacial score (nSPS) is 20.7. The summed E-state index contributed by atoms with van der Waals surface area (Å²) in [7, 11) is 2.07. The molecular weight excluding hydrogens is 192 g/mol. The summed E-state index contributed by atoms with van der Waals surface area (Å²) in [6, 6.07) is 0.628. The van der Waals surface area contributed by atoms with Gasteiger partial charge < -0.3 is 5.32 Å². The van der Waals surface area contributed by atoms with E-state index in [-0.39, 0.29) is 0 Å². The summed E-state index contributed by atoms with van der Waals surface area (Å²) in [5.41, 5.74) is 1.92. The van der Waals surface area contributed by atoms with Gasteiger partial charge in [-0.3, -0.25) is 4.98 Å². The molecule has 1 N–H and O–H groups in total. The van der Waals surface area contributed by atoms with Gasteiger partial charge in [0.25, 0.3) is 0 Å². The zero-order chi connectivity index (χ0) is 9.97. The Kier molecular flexibility index (Phi) is 3.19. The second-order valence-corrected chi connectivity index (χ2v) is 5.23. The summed E-state index contributed by atoms with van der Waals surface area (Å²) in [6.45, 7) is 2.37. The van der Waals surface area contributed by atoms with E-state index in [1.165, 1.54) is 17.7 Å². The second kappa shape index (κ2) is 4.41. The molecule has 0 aromatic carbocycles. The average molecular weight is 210 g/mol. The lowest BCUT2D eigenvalue weighted by Gasteiger charge is -2.22. The number of nitrogens with one attached hydrogen (secondary N) is 1. The number of nitrogens with zero attached hydrogens (tertiary/aromatic N) is 1. The molecule has 0 amide bonds. The summed E-state index contributed by atoms with van der Waals surface area (Å²) in [5.74, 6) is 1.78. The van der Waals surface area contributed by atoms with Gasteiger partial charge in [0.1, 0.15) is 0 Å². The van der Waals surface area contributed by atoms with Crippen molar-refractivity contribution in [2.45, 2.75) is 32.2 Å². The number of rotatable bonds is 5. The van der Waals surface area contributed by atoms with Crippen molar-refractivity contribution in [3.8, 4) is 0 Å². The highest BCUT2D eigenvalue weighted by atomic mass is 32.1. The fourth-order valence-electron chi connectivity index (χ4n) is 2.06. The van der Waals surface area contributed by atoms with Gasteiger partial charge in [-0.25, -0.2) is 0 Å². The van der Waals surface area contributed by atoms with Crippen LogP contribution in [0, 0.1) is 11.8 Å². The van der Waals surface area contributed by atoms with Crippen LogP contribution in [0.1, 0.15) is 24.6 Å². The smallest absolute Gasteiger partial charge is 0.0794 e. The van der Waals surface area contributed by atoms with E-state index in [1.807, 2.05) is 11.7 Å². The topological polar surface area (TPSA) is 24.9 Å². The predicted molar refractivity (Wildman–Crippen MR) is 60.6 cm³/mol. The summed E-state index contributed by atoms with van der Waals surface area (Å²) in [4.78, 5) is 5.52. The van der Waals surface area contributed by atoms with Crippen LogP contribution in [0.5, 0.6) is 0 Å². The third kappa shape index (κ3) is 2.34. The molecule has 2 rings (SSSR count). The first-order valence-electron chi connectivity index (χ1n) is 5.36. The molecule has 0 aliphatic heterocycles. The highest BCUT2D eigenvalue weighted by Crippen LogP contribution is 2.38. The van der Waals surface area contributed by atoms with E-state index in [4.69, 9.17) is 0 Å². The number of hydrogen-bond acceptors (Lipinski definition) is 3. The molecule has 1 aromatic heterocycles. The molecular formula is C11H18N2S. The highest BCUT2D eigenvalue weighted by Gasteiger charge is 2.32. The zero-order valence-corrected chi connectivity index (χ0v) is 9.68. The van der Waals surface area contributed by atoms with Gasteiger partial charge in [-0.2, -0.15) is 0 Å². The van der Waals surface area contributed by atoms with Crippen LogP contribution in [0.4, 0.5) is 0 Å². The monoisotopic (exact) mass is 210 g/mol. The van der Waals surface area contributed by atoms with E-state index in [0.717, 1.165) is 18.3 Å². The van der Waals surface area contributed by atoms with Crippen LogP contribution >= 0.6 is 11.3 Å². The van der Waals surface area contributed by atoms with Crippen molar-refractivity contribution in [2.75, 3.05) is 7.05 Å². The zero-order valence-electron chi connectivity index (χ0n) is 8.86. The molecule has 2 nitrogen and oxygen atoms in total. The van der Waals surface area contributed by atoms with Crippen molar-refractivity contribution in [1.29, 1.82) is 0 Å². The summed E-state index contributed by atoms with van der Waals surface area (Å²) in [5, 5.41) is 3.44. The summed E-state index contributed by atoms with van der Waals surface area (Å²) >= 11 is 1.77. The number of likely N-dealkylation sites (N-methyl/N-ethyl adjacent to an activating group) is 1. The van der Waals surface area contributed by atoms with E-state index in [1.54, 1.807) is 11.3 Å². The maximum atomic E-state index is 4.12. The van der Waals surface area contributed by atoms with Crippen LogP contribution in [0.25, 0.3) is 0 Å². The van der Waals surface area contributed by atoms with Gasteiger partial charge in [0.2, 0.25) is 0 Å². The largest absolute Gasteiger partial charge is 0.316 e. The van der Waals surface area contributed by atoms with Gasteiger partial charge in [0.05, 0.1) is 5.51 Å². The van der Waals surface area contributed by atoms with Crippen LogP contribution in [0.3, 0.4) is 0 Å². The first-order chi connectivity index (χ1) is 6.81. The van der Waals surface area contributed by atoms with Gasteiger partial charge in [0.15, 0.2) is 0 Å². The van der Waals surface area contributed by atoms with Crippen molar-refractivity contribution in [2.24, 2.45) is 11.8 Å². The molecule has 0 radical (unpaired) electrons. The summed E-state index contributed by atoms with van der Waals surface area (Å²) < 4.78 is 0. The lowest BCUT2D eigenvalue weighted by atomic mass is 9.94. The number of aromatic nitrogens is 1. The minimum Gasteiger partial charge on any atom is -0.316 e. The average Bonchev–Trinajstić information content (AvgIpc) is 2.93. The van der Waals surface area contributed by atoms with Crippen LogP contribution in [0.2, 0.25) is 0 Å². The SMILES string of the molecule is CNC(Cc1cncs1)C(C)C1CC1. The fraction of sp³-hybridized carbons (Fsp3) is 0.727. The lowest BCUT2D eigenvalue weighted by Crippen LogP contribution is -2.34. The molecule has 1 fully saturated rings. The van der Waals surface area contributed by atoms with Gasteiger partial charge in [-0.05, 0) is 38.1 Å². The molecule has 2 atom stereocenters. The lowest BCUT2D eigenvalue weighted by molar-refractivity contribution is 0.359. The Hall–Kier alpha value is -0.410. The van der Waals surface area contributed by atoms with Crippen molar-refractivity contribution < 1.29 is 0 Å². The second-order valence-electron chi connectivity index (χ2n) is 4.26. The van der Waals surface area contributed by atoms with E-state index in [0.29, 0.717) is 6.04 Å². The van der Waals surface area contributed by atoms with E-state index >= 15 is 0 Å². The maximum Gasteiger partial charge on any atom is 0.0794 e. The molecule has 1 saturated carbocycles. The fourth-order valence-corrected chi connectivity index (χ4v) is 2.72. The third-order valence-corrected chi connectivity index (χ3v) is 4.08. The molecule has 0 spiro atoms. The van der Waals surface area contributed by atoms with Gasteiger partial charge in [-0.1, -0.05) is 6.92 Å². The van der Waals surface area contributed by atoms with Gasteiger partial charge in [0, 0.05) is 17.1 Å². The van der Waals surface area contributed by atoms with Crippen LogP contribution in [-0.2, 0) is 6.42 Å². The van der Waals surface area contributed by atoms with Crippen LogP contribution < -0.4 is 5.32 Å². The number of thiazole rings is 1. The quantitative estimate of drug-likeness (QED) is 0.807. The third-order valence-electron chi connectivity index (χ3n) is 3.28. The standard InChI is InChI=1S/C11H18N2S/c1-8(9-3-4-9)11(12-2)5-10-6-13-7-14-10/h6-9,11-12H,3-5H2,1-2H3. The van der Waals surface area contributed by atoms with Crippen LogP contribution in [0.15, 0.2) is 11.7 Å². The Bertz CT molecular complexity index is 267. The first kappa shape index (κ1) is 10.1. The minimum atomic E-state index is 0.628. The van der Waals surface area contributed by atoms with Crippen molar-refractivity contribution >= 4 is 11.3 Å². The molecule has 14 heavy (non-hydrogen) atoms. The number of hydrogen-bond donors (Lipinski definition) is 1. The Morgan fingerprint density at radius 1 is 1.64 bits per heavy atom. The van der Waals surface area contributed by atoms with E-state index in [2.05, 4.69) is 24.3 Å². The van der Waals surface area contributed by atoms with Gasteiger partial charge in [-0.15, -0.1) is 11.3 Å². The molecule has 1 aliphatic carbocycles. The predicted octanol–water partition coefficient (Wildman–Crippen LogP) is 2.32. The maximum absolute atomic E-state index is 4.12. The highest BCUT2D eigenvalue weighted by molar-refractivity contribution is 7.09. The molecule has 3 heteroatoms. The molecule has 0 bridgehead atoms. The van der Waals surface area contributed by atoms with Crippen molar-refractivity contribution in [1.82, 2.24) is 10.3 Å². The molecule has 1 heterocycles. The van der Waals surface area contributed by atoms with Gasteiger partial charge >= 0.3 is 0 Å². The molecule has 2 unspecified atom stereocenters. The van der Waals surface area contributed by atoms with Crippen LogP contribution in [-0.4, -0.2) is 18.1 Å². The van der Waals surface area contributed by atoms with E-state index < -0.39 is 0 Å². The minimum absolute atomic E-state index is 0.628. The Morgan fingerprint density at radius 3 is 2.93 bits per heavy atom.